The van der Waals surface area contributed by atoms with Crippen LogP contribution in [0.1, 0.15) is 36.8 Å². The van der Waals surface area contributed by atoms with Crippen LogP contribution in [-0.4, -0.2) is 40.6 Å². The standard InChI is InChI=1S/C16H17F4NO3/c1-2-12(10-4-3-5-11(8-10)16(18,19)20)13(22)21-7-6-15(17,9-21)14(23)24/h3-5,8,12H,2,6-7,9H2,1H3,(H,23,24). The summed E-state index contributed by atoms with van der Waals surface area (Å²) >= 11 is 0. The number of benzene rings is 1. The number of amides is 1. The average molecular weight is 347 g/mol. The number of rotatable bonds is 4. The topological polar surface area (TPSA) is 57.6 Å². The number of halogens is 4. The number of carbonyl (C=O) groups is 2. The largest absolute Gasteiger partial charge is 0.479 e. The lowest BCUT2D eigenvalue weighted by Crippen LogP contribution is -2.40. The predicted octanol–water partition coefficient (Wildman–Crippen LogP) is 3.22. The predicted molar refractivity (Wildman–Crippen MR) is 77.1 cm³/mol. The zero-order valence-electron chi connectivity index (χ0n) is 12.9. The molecule has 1 aliphatic heterocycles. The van der Waals surface area contributed by atoms with Gasteiger partial charge in [-0.15, -0.1) is 0 Å². The number of likely N-dealkylation sites (tertiary alicyclic amines) is 1. The summed E-state index contributed by atoms with van der Waals surface area (Å²) in [6.07, 6.45) is -4.63. The third-order valence-electron chi connectivity index (χ3n) is 4.24. The van der Waals surface area contributed by atoms with Crippen LogP contribution in [-0.2, 0) is 15.8 Å². The molecule has 2 unspecified atom stereocenters. The molecule has 1 heterocycles. The Morgan fingerprint density at radius 3 is 2.54 bits per heavy atom. The molecule has 0 spiro atoms. The Morgan fingerprint density at radius 2 is 2.04 bits per heavy atom. The highest BCUT2D eigenvalue weighted by Crippen LogP contribution is 2.34. The fraction of sp³-hybridized carbons (Fsp3) is 0.500. The molecule has 1 saturated heterocycles. The minimum Gasteiger partial charge on any atom is -0.479 e. The highest BCUT2D eigenvalue weighted by Gasteiger charge is 2.47. The van der Waals surface area contributed by atoms with E-state index in [1.54, 1.807) is 6.92 Å². The fourth-order valence-corrected chi connectivity index (χ4v) is 2.84. The molecular weight excluding hydrogens is 330 g/mol. The van der Waals surface area contributed by atoms with Gasteiger partial charge in [-0.05, 0) is 18.1 Å². The Labute approximate surface area is 136 Å². The van der Waals surface area contributed by atoms with Crippen LogP contribution < -0.4 is 0 Å². The van der Waals surface area contributed by atoms with Crippen molar-refractivity contribution in [1.82, 2.24) is 4.90 Å². The minimum absolute atomic E-state index is 0.0723. The van der Waals surface area contributed by atoms with Crippen LogP contribution in [0.25, 0.3) is 0 Å². The first-order valence-electron chi connectivity index (χ1n) is 7.47. The summed E-state index contributed by atoms with van der Waals surface area (Å²) in [7, 11) is 0. The van der Waals surface area contributed by atoms with E-state index in [1.807, 2.05) is 0 Å². The van der Waals surface area contributed by atoms with Gasteiger partial charge >= 0.3 is 12.1 Å². The molecule has 1 amide bonds. The summed E-state index contributed by atoms with van der Waals surface area (Å²) in [5.74, 6) is -3.06. The average Bonchev–Trinajstić information content (AvgIpc) is 2.91. The lowest BCUT2D eigenvalue weighted by molar-refractivity contribution is -0.150. The monoisotopic (exact) mass is 347 g/mol. The molecule has 1 fully saturated rings. The van der Waals surface area contributed by atoms with E-state index in [0.717, 1.165) is 17.0 Å². The van der Waals surface area contributed by atoms with Gasteiger partial charge < -0.3 is 10.0 Å². The molecule has 0 bridgehead atoms. The van der Waals surface area contributed by atoms with Crippen molar-refractivity contribution in [2.24, 2.45) is 0 Å². The quantitative estimate of drug-likeness (QED) is 0.851. The number of hydrogen-bond donors (Lipinski definition) is 1. The van der Waals surface area contributed by atoms with Gasteiger partial charge in [0, 0.05) is 13.0 Å². The Kier molecular flexibility index (Phi) is 4.87. The summed E-state index contributed by atoms with van der Waals surface area (Å²) < 4.78 is 52.5. The van der Waals surface area contributed by atoms with E-state index in [1.165, 1.54) is 12.1 Å². The zero-order chi connectivity index (χ0) is 18.1. The second-order valence-corrected chi connectivity index (χ2v) is 5.86. The van der Waals surface area contributed by atoms with Gasteiger partial charge in [0.15, 0.2) is 0 Å². The molecule has 8 heteroatoms. The molecular formula is C16H17F4NO3. The van der Waals surface area contributed by atoms with E-state index in [-0.39, 0.29) is 24.9 Å². The van der Waals surface area contributed by atoms with Gasteiger partial charge in [-0.3, -0.25) is 4.79 Å². The Hall–Kier alpha value is -2.12. The smallest absolute Gasteiger partial charge is 0.416 e. The van der Waals surface area contributed by atoms with E-state index < -0.39 is 41.7 Å². The first-order valence-corrected chi connectivity index (χ1v) is 7.47. The Bertz CT molecular complexity index is 646. The molecule has 0 saturated carbocycles. The van der Waals surface area contributed by atoms with Gasteiger partial charge in [-0.2, -0.15) is 13.2 Å². The van der Waals surface area contributed by atoms with Crippen LogP contribution in [0.5, 0.6) is 0 Å². The number of carboxylic acids is 1. The van der Waals surface area contributed by atoms with Crippen LogP contribution in [0.3, 0.4) is 0 Å². The second kappa shape index (κ2) is 6.41. The number of carboxylic acid groups (broad SMARTS) is 1. The molecule has 4 nitrogen and oxygen atoms in total. The number of aliphatic carboxylic acids is 1. The summed E-state index contributed by atoms with van der Waals surface area (Å²) in [5, 5.41) is 8.87. The molecule has 0 aromatic heterocycles. The van der Waals surface area contributed by atoms with Crippen LogP contribution in [0.15, 0.2) is 24.3 Å². The summed E-state index contributed by atoms with van der Waals surface area (Å²) in [6.45, 7) is 0.979. The van der Waals surface area contributed by atoms with Crippen LogP contribution in [0.2, 0.25) is 0 Å². The SMILES string of the molecule is CCC(C(=O)N1CCC(F)(C(=O)O)C1)c1cccc(C(F)(F)F)c1. The third-order valence-corrected chi connectivity index (χ3v) is 4.24. The van der Waals surface area contributed by atoms with Crippen molar-refractivity contribution in [3.8, 4) is 0 Å². The number of hydrogen-bond acceptors (Lipinski definition) is 2. The van der Waals surface area contributed by atoms with Crippen LogP contribution >= 0.6 is 0 Å². The molecule has 24 heavy (non-hydrogen) atoms. The van der Waals surface area contributed by atoms with Crippen molar-refractivity contribution in [2.45, 2.75) is 37.5 Å². The first kappa shape index (κ1) is 18.2. The highest BCUT2D eigenvalue weighted by atomic mass is 19.4. The molecule has 1 aromatic rings. The Balaban J connectivity index is 2.23. The maximum atomic E-state index is 14.1. The van der Waals surface area contributed by atoms with Crippen LogP contribution in [0.4, 0.5) is 17.6 Å². The molecule has 1 N–H and O–H groups in total. The van der Waals surface area contributed by atoms with Gasteiger partial charge in [-0.1, -0.05) is 25.1 Å². The van der Waals surface area contributed by atoms with Crippen molar-refractivity contribution in [1.29, 1.82) is 0 Å². The van der Waals surface area contributed by atoms with Crippen molar-refractivity contribution in [2.75, 3.05) is 13.1 Å². The third kappa shape index (κ3) is 3.52. The normalized spacial score (nSPS) is 22.5. The van der Waals surface area contributed by atoms with Gasteiger partial charge in [0.1, 0.15) is 0 Å². The molecule has 1 aliphatic rings. The summed E-state index contributed by atoms with van der Waals surface area (Å²) in [5.41, 5.74) is -3.18. The number of alkyl halides is 4. The van der Waals surface area contributed by atoms with Crippen molar-refractivity contribution in [3.05, 3.63) is 35.4 Å². The highest BCUT2D eigenvalue weighted by molar-refractivity contribution is 5.86. The Morgan fingerprint density at radius 1 is 1.38 bits per heavy atom. The molecule has 0 radical (unpaired) electrons. The number of carbonyl (C=O) groups excluding carboxylic acids is 1. The second-order valence-electron chi connectivity index (χ2n) is 5.86. The zero-order valence-corrected chi connectivity index (χ0v) is 12.9. The van der Waals surface area contributed by atoms with E-state index in [9.17, 15) is 27.2 Å². The summed E-state index contributed by atoms with van der Waals surface area (Å²) in [4.78, 5) is 24.5. The van der Waals surface area contributed by atoms with E-state index in [0.29, 0.717) is 0 Å². The van der Waals surface area contributed by atoms with Crippen molar-refractivity contribution >= 4 is 11.9 Å². The number of nitrogens with zero attached hydrogens (tertiary/aromatic N) is 1. The summed E-state index contributed by atoms with van der Waals surface area (Å²) in [6, 6.07) is 4.45. The molecule has 2 atom stereocenters. The van der Waals surface area contributed by atoms with Crippen molar-refractivity contribution < 1.29 is 32.3 Å². The van der Waals surface area contributed by atoms with E-state index in [2.05, 4.69) is 0 Å². The maximum absolute atomic E-state index is 14.1. The molecule has 0 aliphatic carbocycles. The minimum atomic E-state index is -4.53. The van der Waals surface area contributed by atoms with Gasteiger partial charge in [0.05, 0.1) is 18.0 Å². The molecule has 132 valence electrons. The van der Waals surface area contributed by atoms with Gasteiger partial charge in [-0.25, -0.2) is 9.18 Å². The van der Waals surface area contributed by atoms with Crippen LogP contribution in [0, 0.1) is 0 Å². The lowest BCUT2D eigenvalue weighted by atomic mass is 9.93. The van der Waals surface area contributed by atoms with Gasteiger partial charge in [0.2, 0.25) is 11.6 Å². The van der Waals surface area contributed by atoms with E-state index >= 15 is 0 Å². The fourth-order valence-electron chi connectivity index (χ4n) is 2.84. The first-order chi connectivity index (χ1) is 11.1. The van der Waals surface area contributed by atoms with E-state index in [4.69, 9.17) is 5.11 Å². The van der Waals surface area contributed by atoms with Gasteiger partial charge in [0.25, 0.3) is 0 Å². The molecule has 2 rings (SSSR count). The lowest BCUT2D eigenvalue weighted by Gasteiger charge is -2.24. The molecule has 1 aromatic carbocycles. The van der Waals surface area contributed by atoms with Crippen molar-refractivity contribution in [3.63, 3.8) is 0 Å². The maximum Gasteiger partial charge on any atom is 0.416 e.